The number of halogens is 1. The van der Waals surface area contributed by atoms with Crippen molar-refractivity contribution < 1.29 is 9.59 Å². The first kappa shape index (κ1) is 22.3. The number of carbonyl (C=O) groups is 2. The largest absolute Gasteiger partial charge is 0.354 e. The van der Waals surface area contributed by atoms with Crippen LogP contribution in [0, 0.1) is 5.92 Å². The maximum atomic E-state index is 12.6. The number of likely N-dealkylation sites (tertiary alicyclic amines) is 1. The second-order valence-electron chi connectivity index (χ2n) is 6.82. The van der Waals surface area contributed by atoms with Crippen LogP contribution < -0.4 is 10.6 Å². The van der Waals surface area contributed by atoms with Gasteiger partial charge in [-0.2, -0.15) is 0 Å². The fourth-order valence-corrected chi connectivity index (χ4v) is 3.00. The summed E-state index contributed by atoms with van der Waals surface area (Å²) < 4.78 is 0. The monoisotopic (exact) mass is 382 g/mol. The molecule has 146 valence electrons. The average molecular weight is 383 g/mol. The highest BCUT2D eigenvalue weighted by atomic mass is 35.5. The zero-order chi connectivity index (χ0) is 18.2. The van der Waals surface area contributed by atoms with Crippen molar-refractivity contribution in [3.05, 3.63) is 35.9 Å². The molecule has 7 heteroatoms. The number of rotatable bonds is 6. The molecule has 1 heterocycles. The van der Waals surface area contributed by atoms with Gasteiger partial charge in [0.15, 0.2) is 0 Å². The van der Waals surface area contributed by atoms with Crippen LogP contribution in [-0.2, 0) is 11.3 Å². The van der Waals surface area contributed by atoms with Crippen molar-refractivity contribution in [2.45, 2.75) is 32.4 Å². The first-order valence-corrected chi connectivity index (χ1v) is 9.00. The number of urea groups is 1. The van der Waals surface area contributed by atoms with Crippen LogP contribution in [0.15, 0.2) is 30.3 Å². The van der Waals surface area contributed by atoms with Crippen molar-refractivity contribution in [1.29, 1.82) is 0 Å². The van der Waals surface area contributed by atoms with E-state index >= 15 is 0 Å². The Morgan fingerprint density at radius 2 is 1.85 bits per heavy atom. The Morgan fingerprint density at radius 3 is 2.42 bits per heavy atom. The van der Waals surface area contributed by atoms with Crippen LogP contribution in [0.5, 0.6) is 0 Å². The van der Waals surface area contributed by atoms with E-state index in [1.54, 1.807) is 4.90 Å². The second kappa shape index (κ2) is 11.0. The summed E-state index contributed by atoms with van der Waals surface area (Å²) in [5, 5.41) is 6.09. The number of nitrogens with one attached hydrogen (secondary N) is 2. The quantitative estimate of drug-likeness (QED) is 0.791. The van der Waals surface area contributed by atoms with E-state index in [2.05, 4.69) is 10.6 Å². The first-order valence-electron chi connectivity index (χ1n) is 9.00. The van der Waals surface area contributed by atoms with Crippen LogP contribution in [0.4, 0.5) is 4.79 Å². The lowest BCUT2D eigenvalue weighted by Crippen LogP contribution is -2.48. The van der Waals surface area contributed by atoms with Crippen molar-refractivity contribution in [1.82, 2.24) is 20.4 Å². The van der Waals surface area contributed by atoms with Gasteiger partial charge in [-0.25, -0.2) is 4.79 Å². The SMILES string of the molecule is CNC(C)CNC(=O)C1CCN(C(=O)N(C)Cc2ccccc2)CC1.Cl. The summed E-state index contributed by atoms with van der Waals surface area (Å²) in [4.78, 5) is 28.4. The smallest absolute Gasteiger partial charge is 0.320 e. The Labute approximate surface area is 162 Å². The predicted octanol–water partition coefficient (Wildman–Crippen LogP) is 2.10. The second-order valence-corrected chi connectivity index (χ2v) is 6.82. The first-order chi connectivity index (χ1) is 12.0. The molecule has 0 bridgehead atoms. The van der Waals surface area contributed by atoms with Gasteiger partial charge in [-0.1, -0.05) is 30.3 Å². The molecule has 0 spiro atoms. The number of likely N-dealkylation sites (N-methyl/N-ethyl adjacent to an activating group) is 1. The number of hydrogen-bond donors (Lipinski definition) is 2. The molecule has 0 aromatic heterocycles. The molecule has 1 aromatic rings. The van der Waals surface area contributed by atoms with Gasteiger partial charge in [0, 0.05) is 45.2 Å². The van der Waals surface area contributed by atoms with Crippen molar-refractivity contribution in [3.63, 3.8) is 0 Å². The molecule has 1 saturated heterocycles. The minimum absolute atomic E-state index is 0. The van der Waals surface area contributed by atoms with Crippen LogP contribution in [0.1, 0.15) is 25.3 Å². The number of benzene rings is 1. The third-order valence-electron chi connectivity index (χ3n) is 4.80. The zero-order valence-electron chi connectivity index (χ0n) is 15.9. The summed E-state index contributed by atoms with van der Waals surface area (Å²) in [6.07, 6.45) is 1.45. The van der Waals surface area contributed by atoms with E-state index in [4.69, 9.17) is 0 Å². The molecule has 2 rings (SSSR count). The number of carbonyl (C=O) groups excluding carboxylic acids is 2. The minimum atomic E-state index is 0. The van der Waals surface area contributed by atoms with Gasteiger partial charge in [0.2, 0.25) is 5.91 Å². The van der Waals surface area contributed by atoms with Crippen LogP contribution in [-0.4, -0.2) is 61.5 Å². The number of nitrogens with zero attached hydrogens (tertiary/aromatic N) is 2. The topological polar surface area (TPSA) is 64.7 Å². The molecule has 2 N–H and O–H groups in total. The average Bonchev–Trinajstić information content (AvgIpc) is 2.66. The van der Waals surface area contributed by atoms with Crippen molar-refractivity contribution in [3.8, 4) is 0 Å². The Bertz CT molecular complexity index is 562. The molecule has 6 nitrogen and oxygen atoms in total. The highest BCUT2D eigenvalue weighted by molar-refractivity contribution is 5.85. The van der Waals surface area contributed by atoms with Crippen LogP contribution >= 0.6 is 12.4 Å². The van der Waals surface area contributed by atoms with Gasteiger partial charge >= 0.3 is 6.03 Å². The number of hydrogen-bond acceptors (Lipinski definition) is 3. The highest BCUT2D eigenvalue weighted by Gasteiger charge is 2.28. The molecule has 1 atom stereocenters. The van der Waals surface area contributed by atoms with E-state index in [-0.39, 0.29) is 36.3 Å². The Kier molecular flexibility index (Phi) is 9.44. The normalized spacial score (nSPS) is 15.7. The number of amides is 3. The van der Waals surface area contributed by atoms with Crippen LogP contribution in [0.2, 0.25) is 0 Å². The molecule has 0 saturated carbocycles. The van der Waals surface area contributed by atoms with Crippen molar-refractivity contribution in [2.75, 3.05) is 33.7 Å². The Hall–Kier alpha value is -1.79. The highest BCUT2D eigenvalue weighted by Crippen LogP contribution is 2.19. The maximum Gasteiger partial charge on any atom is 0.320 e. The fraction of sp³-hybridized carbons (Fsp3) is 0.579. The van der Waals surface area contributed by atoms with Gasteiger partial charge in [0.1, 0.15) is 0 Å². The zero-order valence-corrected chi connectivity index (χ0v) is 16.7. The molecule has 0 aliphatic carbocycles. The summed E-state index contributed by atoms with van der Waals surface area (Å²) in [7, 11) is 3.71. The van der Waals surface area contributed by atoms with Gasteiger partial charge < -0.3 is 20.4 Å². The summed E-state index contributed by atoms with van der Waals surface area (Å²) in [5.74, 6) is 0.111. The molecule has 26 heavy (non-hydrogen) atoms. The maximum absolute atomic E-state index is 12.6. The molecular formula is C19H31ClN4O2. The fourth-order valence-electron chi connectivity index (χ4n) is 3.00. The molecule has 1 unspecified atom stereocenters. The van der Waals surface area contributed by atoms with E-state index in [0.29, 0.717) is 26.2 Å². The lowest BCUT2D eigenvalue weighted by molar-refractivity contribution is -0.126. The lowest BCUT2D eigenvalue weighted by atomic mass is 9.96. The third-order valence-corrected chi connectivity index (χ3v) is 4.80. The summed E-state index contributed by atoms with van der Waals surface area (Å²) >= 11 is 0. The Balaban J connectivity index is 0.00000338. The van der Waals surface area contributed by atoms with Gasteiger partial charge in [0.05, 0.1) is 0 Å². The van der Waals surface area contributed by atoms with Gasteiger partial charge in [-0.15, -0.1) is 12.4 Å². The van der Waals surface area contributed by atoms with Crippen LogP contribution in [0.25, 0.3) is 0 Å². The summed E-state index contributed by atoms with van der Waals surface area (Å²) in [5.41, 5.74) is 1.12. The molecule has 0 radical (unpaired) electrons. The van der Waals surface area contributed by atoms with Crippen LogP contribution in [0.3, 0.4) is 0 Å². The van der Waals surface area contributed by atoms with E-state index in [1.165, 1.54) is 0 Å². The molecule has 3 amide bonds. The van der Waals surface area contributed by atoms with Gasteiger partial charge in [-0.3, -0.25) is 4.79 Å². The van der Waals surface area contributed by atoms with E-state index in [9.17, 15) is 9.59 Å². The molecule has 1 aliphatic heterocycles. The summed E-state index contributed by atoms with van der Waals surface area (Å²) in [6, 6.07) is 10.3. The van der Waals surface area contributed by atoms with Crippen molar-refractivity contribution in [2.24, 2.45) is 5.92 Å². The minimum Gasteiger partial charge on any atom is -0.354 e. The molecule has 1 aromatic carbocycles. The molecule has 1 fully saturated rings. The van der Waals surface area contributed by atoms with E-state index < -0.39 is 0 Å². The van der Waals surface area contributed by atoms with E-state index in [1.807, 2.05) is 56.3 Å². The van der Waals surface area contributed by atoms with Gasteiger partial charge in [0.25, 0.3) is 0 Å². The van der Waals surface area contributed by atoms with Crippen molar-refractivity contribution >= 4 is 24.3 Å². The number of piperidine rings is 1. The molecule has 1 aliphatic rings. The third kappa shape index (κ3) is 6.50. The Morgan fingerprint density at radius 1 is 1.23 bits per heavy atom. The van der Waals surface area contributed by atoms with Gasteiger partial charge in [-0.05, 0) is 32.4 Å². The standard InChI is InChI=1S/C19H30N4O2.ClH/c1-15(20-2)13-21-18(24)17-9-11-23(12-10-17)19(25)22(3)14-16-7-5-4-6-8-16;/h4-8,15,17,20H,9-14H2,1-3H3,(H,21,24);1H. The lowest BCUT2D eigenvalue weighted by Gasteiger charge is -2.34. The van der Waals surface area contributed by atoms with E-state index in [0.717, 1.165) is 18.4 Å². The predicted molar refractivity (Wildman–Crippen MR) is 106 cm³/mol. The molecular weight excluding hydrogens is 352 g/mol. The summed E-state index contributed by atoms with van der Waals surface area (Å²) in [6.45, 7) is 4.54.